The molecule has 0 bridgehead atoms. The van der Waals surface area contributed by atoms with Crippen LogP contribution in [0.25, 0.3) is 0 Å². The fourth-order valence-corrected chi connectivity index (χ4v) is 3.49. The molecule has 0 aromatic heterocycles. The monoisotopic (exact) mass is 288 g/mol. The third-order valence-electron chi connectivity index (χ3n) is 2.79. The van der Waals surface area contributed by atoms with E-state index in [0.29, 0.717) is 17.4 Å². The Kier molecular flexibility index (Phi) is 5.03. The zero-order valence-corrected chi connectivity index (χ0v) is 12.0. The number of fused-ring (bicyclic) bond motifs is 1. The molecule has 0 N–H and O–H groups in total. The van der Waals surface area contributed by atoms with E-state index in [1.54, 1.807) is 0 Å². The Labute approximate surface area is 115 Å². The van der Waals surface area contributed by atoms with Gasteiger partial charge in [-0.15, -0.1) is 0 Å². The summed E-state index contributed by atoms with van der Waals surface area (Å²) in [5.74, 6) is 2.03. The molecule has 2 rings (SSSR count). The molecule has 1 atom stereocenters. The molecule has 100 valence electrons. The fraction of sp³-hybridized carbons (Fsp3) is 0.538. The number of halogens is 1. The largest absolute Gasteiger partial charge is 0.467 e. The highest BCUT2D eigenvalue weighted by Crippen LogP contribution is 2.32. The summed E-state index contributed by atoms with van der Waals surface area (Å²) in [5, 5.41) is 0.644. The first kappa shape index (κ1) is 13.8. The molecule has 1 heterocycles. The van der Waals surface area contributed by atoms with Crippen LogP contribution in [0.4, 0.5) is 0 Å². The summed E-state index contributed by atoms with van der Waals surface area (Å²) in [5.41, 5.74) is 1.87. The van der Waals surface area contributed by atoms with Crippen molar-refractivity contribution in [1.82, 2.24) is 0 Å². The minimum absolute atomic E-state index is 0.253. The highest BCUT2D eigenvalue weighted by Gasteiger charge is 2.17. The lowest BCUT2D eigenvalue weighted by molar-refractivity contribution is -0.0168. The van der Waals surface area contributed by atoms with Gasteiger partial charge < -0.3 is 9.47 Å². The number of rotatable bonds is 5. The Hall–Kier alpha value is -0.580. The molecule has 1 aliphatic rings. The van der Waals surface area contributed by atoms with Crippen LogP contribution in [0, 0.1) is 0 Å². The van der Waals surface area contributed by atoms with Crippen molar-refractivity contribution in [3.8, 4) is 5.75 Å². The van der Waals surface area contributed by atoms with E-state index in [-0.39, 0.29) is 6.79 Å². The van der Waals surface area contributed by atoms with Gasteiger partial charge in [-0.25, -0.2) is 0 Å². The lowest BCUT2D eigenvalue weighted by Crippen LogP contribution is -2.14. The maximum absolute atomic E-state index is 11.9. The van der Waals surface area contributed by atoms with Gasteiger partial charge >= 0.3 is 0 Å². The van der Waals surface area contributed by atoms with Crippen molar-refractivity contribution in [2.45, 2.75) is 32.1 Å². The van der Waals surface area contributed by atoms with Crippen LogP contribution in [0.15, 0.2) is 12.1 Å². The van der Waals surface area contributed by atoms with Gasteiger partial charge in [0, 0.05) is 32.7 Å². The van der Waals surface area contributed by atoms with Gasteiger partial charge in [0.15, 0.2) is 6.79 Å². The predicted octanol–water partition coefficient (Wildman–Crippen LogP) is 3.26. The van der Waals surface area contributed by atoms with Gasteiger partial charge in [-0.1, -0.05) is 24.9 Å². The van der Waals surface area contributed by atoms with Crippen LogP contribution in [0.2, 0.25) is 5.02 Å². The van der Waals surface area contributed by atoms with Crippen molar-refractivity contribution in [1.29, 1.82) is 0 Å². The van der Waals surface area contributed by atoms with E-state index in [9.17, 15) is 4.21 Å². The lowest BCUT2D eigenvalue weighted by atomic mass is 10.1. The number of ether oxygens (including phenoxy) is 2. The molecular formula is C13H17ClO3S. The highest BCUT2D eigenvalue weighted by atomic mass is 35.5. The minimum atomic E-state index is -0.857. The Morgan fingerprint density at radius 1 is 1.44 bits per heavy atom. The molecular weight excluding hydrogens is 272 g/mol. The molecule has 0 saturated carbocycles. The maximum Gasteiger partial charge on any atom is 0.189 e. The average molecular weight is 289 g/mol. The third-order valence-corrected chi connectivity index (χ3v) is 4.39. The van der Waals surface area contributed by atoms with Crippen LogP contribution in [0.1, 0.15) is 30.9 Å². The summed E-state index contributed by atoms with van der Waals surface area (Å²) in [6.07, 6.45) is 2.04. The molecule has 0 unspecified atom stereocenters. The van der Waals surface area contributed by atoms with E-state index in [2.05, 4.69) is 6.92 Å². The van der Waals surface area contributed by atoms with Gasteiger partial charge in [-0.3, -0.25) is 4.21 Å². The van der Waals surface area contributed by atoms with Crippen molar-refractivity contribution >= 4 is 22.4 Å². The van der Waals surface area contributed by atoms with Crippen LogP contribution in [-0.2, 0) is 27.9 Å². The molecule has 1 aliphatic heterocycles. The molecule has 18 heavy (non-hydrogen) atoms. The molecule has 0 radical (unpaired) electrons. The second-order valence-corrected chi connectivity index (χ2v) is 6.32. The summed E-state index contributed by atoms with van der Waals surface area (Å²) < 4.78 is 22.7. The standard InChI is InChI=1S/C13H17ClO3S/c1-2-3-4-18(15)8-11-6-12(14)5-10-7-16-9-17-13(10)11/h5-6H,2-4,7-9H2,1H3/t18-/m0/s1. The van der Waals surface area contributed by atoms with Crippen molar-refractivity contribution in [2.75, 3.05) is 12.5 Å². The number of benzene rings is 1. The van der Waals surface area contributed by atoms with Gasteiger partial charge in [0.25, 0.3) is 0 Å². The fourth-order valence-electron chi connectivity index (χ4n) is 1.91. The Morgan fingerprint density at radius 3 is 3.06 bits per heavy atom. The zero-order valence-electron chi connectivity index (χ0n) is 10.4. The minimum Gasteiger partial charge on any atom is -0.467 e. The highest BCUT2D eigenvalue weighted by molar-refractivity contribution is 7.84. The average Bonchev–Trinajstić information content (AvgIpc) is 2.36. The molecule has 3 nitrogen and oxygen atoms in total. The summed E-state index contributed by atoms with van der Waals surface area (Å²) in [7, 11) is -0.857. The van der Waals surface area contributed by atoms with E-state index in [1.807, 2.05) is 12.1 Å². The molecule has 0 saturated heterocycles. The summed E-state index contributed by atoms with van der Waals surface area (Å²) in [6, 6.07) is 3.68. The first-order chi connectivity index (χ1) is 8.70. The van der Waals surface area contributed by atoms with Crippen LogP contribution in [0.5, 0.6) is 5.75 Å². The van der Waals surface area contributed by atoms with Gasteiger partial charge in [0.05, 0.1) is 12.4 Å². The zero-order chi connectivity index (χ0) is 13.0. The molecule has 5 heteroatoms. The molecule has 0 aliphatic carbocycles. The van der Waals surface area contributed by atoms with Crippen LogP contribution < -0.4 is 4.74 Å². The van der Waals surface area contributed by atoms with Gasteiger partial charge in [-0.2, -0.15) is 0 Å². The van der Waals surface area contributed by atoms with E-state index in [0.717, 1.165) is 35.5 Å². The Morgan fingerprint density at radius 2 is 2.28 bits per heavy atom. The van der Waals surface area contributed by atoms with Gasteiger partial charge in [0.1, 0.15) is 5.75 Å². The Bertz CT molecular complexity index is 448. The number of hydrogen-bond donors (Lipinski definition) is 0. The molecule has 1 aromatic carbocycles. The van der Waals surface area contributed by atoms with Gasteiger partial charge in [0.2, 0.25) is 0 Å². The quantitative estimate of drug-likeness (QED) is 0.834. The third kappa shape index (κ3) is 3.46. The van der Waals surface area contributed by atoms with E-state index in [4.69, 9.17) is 21.1 Å². The van der Waals surface area contributed by atoms with E-state index < -0.39 is 10.8 Å². The topological polar surface area (TPSA) is 35.5 Å². The van der Waals surface area contributed by atoms with Crippen LogP contribution in [0.3, 0.4) is 0 Å². The molecule has 0 amide bonds. The molecule has 1 aromatic rings. The predicted molar refractivity (Wildman–Crippen MR) is 73.4 cm³/mol. The van der Waals surface area contributed by atoms with E-state index >= 15 is 0 Å². The smallest absolute Gasteiger partial charge is 0.189 e. The number of hydrogen-bond acceptors (Lipinski definition) is 3. The van der Waals surface area contributed by atoms with Gasteiger partial charge in [-0.05, 0) is 18.6 Å². The number of unbranched alkanes of at least 4 members (excludes halogenated alkanes) is 1. The summed E-state index contributed by atoms with van der Waals surface area (Å²) in [6.45, 7) is 2.85. The van der Waals surface area contributed by atoms with E-state index in [1.165, 1.54) is 0 Å². The van der Waals surface area contributed by atoms with Crippen molar-refractivity contribution in [3.05, 3.63) is 28.3 Å². The summed E-state index contributed by atoms with van der Waals surface area (Å²) in [4.78, 5) is 0. The maximum atomic E-state index is 11.9. The van der Waals surface area contributed by atoms with Crippen LogP contribution in [-0.4, -0.2) is 16.8 Å². The molecule has 0 fully saturated rings. The first-order valence-electron chi connectivity index (χ1n) is 6.07. The second-order valence-electron chi connectivity index (χ2n) is 4.31. The SMILES string of the molecule is CCCC[S@](=O)Cc1cc(Cl)cc2c1OCOC2. The first-order valence-corrected chi connectivity index (χ1v) is 7.94. The lowest BCUT2D eigenvalue weighted by Gasteiger charge is -2.21. The Balaban J connectivity index is 2.16. The van der Waals surface area contributed by atoms with Crippen molar-refractivity contribution < 1.29 is 13.7 Å². The normalized spacial score (nSPS) is 15.9. The second kappa shape index (κ2) is 6.55. The van der Waals surface area contributed by atoms with Crippen LogP contribution >= 0.6 is 11.6 Å². The molecule has 0 spiro atoms. The van der Waals surface area contributed by atoms with Crippen molar-refractivity contribution in [3.63, 3.8) is 0 Å². The van der Waals surface area contributed by atoms with Crippen molar-refractivity contribution in [2.24, 2.45) is 0 Å². The summed E-state index contributed by atoms with van der Waals surface area (Å²) >= 11 is 6.06.